The van der Waals surface area contributed by atoms with Crippen LogP contribution < -0.4 is 5.32 Å². The molecule has 1 fully saturated rings. The molecule has 2 heterocycles. The third kappa shape index (κ3) is 9.20. The zero-order valence-electron chi connectivity index (χ0n) is 27.5. The van der Waals surface area contributed by atoms with Gasteiger partial charge in [-0.05, 0) is 58.9 Å². The Balaban J connectivity index is 1.10. The van der Waals surface area contributed by atoms with Gasteiger partial charge in [-0.25, -0.2) is 4.98 Å². The number of benzene rings is 4. The molecule has 0 saturated carbocycles. The van der Waals surface area contributed by atoms with Crippen molar-refractivity contribution in [2.24, 2.45) is 0 Å². The molecule has 9 nitrogen and oxygen atoms in total. The number of hydrogen-bond acceptors (Lipinski definition) is 6. The first-order valence-electron chi connectivity index (χ1n) is 17.0. The normalized spacial score (nSPS) is 17.6. The first kappa shape index (κ1) is 34.0. The van der Waals surface area contributed by atoms with Crippen LogP contribution in [-0.2, 0) is 38.8 Å². The molecule has 0 bridgehead atoms. The molecule has 9 heteroatoms. The van der Waals surface area contributed by atoms with Gasteiger partial charge < -0.3 is 29.6 Å². The first-order chi connectivity index (χ1) is 23.9. The summed E-state index contributed by atoms with van der Waals surface area (Å²) in [5, 5.41) is 21.3. The summed E-state index contributed by atoms with van der Waals surface area (Å²) in [7, 11) is 0. The molecule has 0 unspecified atom stereocenters. The molecule has 0 spiro atoms. The van der Waals surface area contributed by atoms with Gasteiger partial charge in [0.2, 0.25) is 5.91 Å². The number of amides is 1. The fourth-order valence-corrected chi connectivity index (χ4v) is 6.31. The standard InChI is InChI=1S/C40H43N3O6/c44-26-28-14-16-31(17-15-28)37-23-34(25-43-27-42-35-10-5-6-11-36(35)43)48-40(49-37)32-20-18-30(19-21-32)33-9-7-8-29(22-33)24-41-38(45)12-3-1-2-4-13-39(46)47/h5-11,14-22,27,34,37,40,44H,1-4,12-13,23-26H2,(H,41,45)(H,46,47)/t34-,37+,40+/m1/s1. The minimum atomic E-state index is -0.774. The Hall–Kier alpha value is -4.83. The number of hydrogen-bond donors (Lipinski definition) is 3. The van der Waals surface area contributed by atoms with Crippen molar-refractivity contribution in [1.29, 1.82) is 0 Å². The van der Waals surface area contributed by atoms with Crippen LogP contribution in [0.4, 0.5) is 0 Å². The number of ether oxygens (including phenoxy) is 2. The van der Waals surface area contributed by atoms with Crippen molar-refractivity contribution in [3.63, 3.8) is 0 Å². The SMILES string of the molecule is O=C(O)CCCCCCC(=O)NCc1cccc(-c2ccc([C@H]3O[C@@H](Cn4cnc5ccccc54)C[C@@H](c4ccc(CO)cc4)O3)cc2)c1. The van der Waals surface area contributed by atoms with Crippen LogP contribution in [0.2, 0.25) is 0 Å². The average Bonchev–Trinajstić information content (AvgIpc) is 3.54. The number of rotatable bonds is 15. The fourth-order valence-electron chi connectivity index (χ4n) is 6.31. The van der Waals surface area contributed by atoms with E-state index in [9.17, 15) is 14.7 Å². The molecular weight excluding hydrogens is 618 g/mol. The summed E-state index contributed by atoms with van der Waals surface area (Å²) in [5.74, 6) is -0.772. The van der Waals surface area contributed by atoms with E-state index >= 15 is 0 Å². The molecule has 1 saturated heterocycles. The predicted octanol–water partition coefficient (Wildman–Crippen LogP) is 7.48. The number of carbonyl (C=O) groups excluding carboxylic acids is 1. The van der Waals surface area contributed by atoms with Crippen molar-refractivity contribution < 1.29 is 29.3 Å². The highest BCUT2D eigenvalue weighted by Crippen LogP contribution is 2.39. The molecule has 6 rings (SSSR count). The van der Waals surface area contributed by atoms with Crippen LogP contribution in [0.1, 0.15) is 79.6 Å². The lowest BCUT2D eigenvalue weighted by Crippen LogP contribution is -2.32. The molecule has 1 aliphatic rings. The van der Waals surface area contributed by atoms with Crippen LogP contribution in [0.3, 0.4) is 0 Å². The topological polar surface area (TPSA) is 123 Å². The maximum atomic E-state index is 12.4. The molecule has 1 amide bonds. The summed E-state index contributed by atoms with van der Waals surface area (Å²) >= 11 is 0. The number of unbranched alkanes of at least 4 members (excludes halogenated alkanes) is 3. The summed E-state index contributed by atoms with van der Waals surface area (Å²) in [6.07, 6.45) is 5.37. The number of aliphatic hydroxyl groups excluding tert-OH is 1. The van der Waals surface area contributed by atoms with Crippen LogP contribution in [0.25, 0.3) is 22.2 Å². The third-order valence-electron chi connectivity index (χ3n) is 9.02. The monoisotopic (exact) mass is 661 g/mol. The third-order valence-corrected chi connectivity index (χ3v) is 9.02. The van der Waals surface area contributed by atoms with Crippen molar-refractivity contribution in [2.75, 3.05) is 0 Å². The number of aromatic nitrogens is 2. The van der Waals surface area contributed by atoms with Gasteiger partial charge in [0.15, 0.2) is 6.29 Å². The van der Waals surface area contributed by atoms with Crippen molar-refractivity contribution in [1.82, 2.24) is 14.9 Å². The number of nitrogens with one attached hydrogen (secondary N) is 1. The highest BCUT2D eigenvalue weighted by Gasteiger charge is 2.32. The van der Waals surface area contributed by atoms with E-state index in [1.54, 1.807) is 0 Å². The van der Waals surface area contributed by atoms with Crippen LogP contribution >= 0.6 is 0 Å². The second kappa shape index (κ2) is 16.5. The van der Waals surface area contributed by atoms with E-state index in [0.29, 0.717) is 32.4 Å². The van der Waals surface area contributed by atoms with Crippen molar-refractivity contribution >= 4 is 22.9 Å². The van der Waals surface area contributed by atoms with E-state index in [1.807, 2.05) is 73.1 Å². The van der Waals surface area contributed by atoms with Gasteiger partial charge in [-0.3, -0.25) is 9.59 Å². The van der Waals surface area contributed by atoms with Crippen LogP contribution in [0.15, 0.2) is 103 Å². The number of aliphatic hydroxyl groups is 1. The van der Waals surface area contributed by atoms with Gasteiger partial charge in [-0.1, -0.05) is 91.7 Å². The molecule has 254 valence electrons. The largest absolute Gasteiger partial charge is 0.481 e. The molecule has 3 atom stereocenters. The second-order valence-corrected chi connectivity index (χ2v) is 12.6. The van der Waals surface area contributed by atoms with E-state index < -0.39 is 12.3 Å². The lowest BCUT2D eigenvalue weighted by atomic mass is 9.99. The predicted molar refractivity (Wildman–Crippen MR) is 187 cm³/mol. The summed E-state index contributed by atoms with van der Waals surface area (Å²) in [6, 6.07) is 32.4. The molecule has 4 aromatic carbocycles. The summed E-state index contributed by atoms with van der Waals surface area (Å²) in [4.78, 5) is 27.6. The van der Waals surface area contributed by atoms with E-state index in [1.165, 1.54) is 0 Å². The van der Waals surface area contributed by atoms with Gasteiger partial charge >= 0.3 is 5.97 Å². The quantitative estimate of drug-likeness (QED) is 0.0994. The van der Waals surface area contributed by atoms with Crippen molar-refractivity contribution in [2.45, 2.75) is 83.1 Å². The molecule has 1 aromatic heterocycles. The Labute approximate surface area is 286 Å². The number of carbonyl (C=O) groups is 2. The minimum absolute atomic E-state index is 0.00245. The van der Waals surface area contributed by atoms with E-state index in [0.717, 1.165) is 63.7 Å². The molecule has 1 aliphatic heterocycles. The maximum Gasteiger partial charge on any atom is 0.303 e. The number of nitrogens with zero attached hydrogens (tertiary/aromatic N) is 2. The first-order valence-corrected chi connectivity index (χ1v) is 17.0. The Morgan fingerprint density at radius 2 is 1.55 bits per heavy atom. The number of carboxylic acids is 1. The summed E-state index contributed by atoms with van der Waals surface area (Å²) in [5.41, 5.74) is 7.95. The Kier molecular flexibility index (Phi) is 11.5. The molecule has 0 aliphatic carbocycles. The highest BCUT2D eigenvalue weighted by atomic mass is 16.7. The van der Waals surface area contributed by atoms with Gasteiger partial charge in [0.1, 0.15) is 0 Å². The lowest BCUT2D eigenvalue weighted by molar-refractivity contribution is -0.252. The van der Waals surface area contributed by atoms with Crippen molar-refractivity contribution in [3.8, 4) is 11.1 Å². The van der Waals surface area contributed by atoms with Gasteiger partial charge in [0.25, 0.3) is 0 Å². The zero-order valence-corrected chi connectivity index (χ0v) is 27.5. The van der Waals surface area contributed by atoms with Gasteiger partial charge in [0, 0.05) is 31.4 Å². The van der Waals surface area contributed by atoms with E-state index in [2.05, 4.69) is 45.2 Å². The Bertz CT molecular complexity index is 1840. The number of fused-ring (bicyclic) bond motifs is 1. The lowest BCUT2D eigenvalue weighted by Gasteiger charge is -2.36. The fraction of sp³-hybridized carbons (Fsp3) is 0.325. The molecular formula is C40H43N3O6. The molecule has 0 radical (unpaired) electrons. The zero-order chi connectivity index (χ0) is 34.0. The summed E-state index contributed by atoms with van der Waals surface area (Å²) in [6.45, 7) is 1.08. The number of aliphatic carboxylic acids is 1. The summed E-state index contributed by atoms with van der Waals surface area (Å²) < 4.78 is 15.3. The second-order valence-electron chi connectivity index (χ2n) is 12.6. The van der Waals surface area contributed by atoms with Crippen LogP contribution in [0, 0.1) is 0 Å². The van der Waals surface area contributed by atoms with E-state index in [4.69, 9.17) is 14.6 Å². The van der Waals surface area contributed by atoms with Gasteiger partial charge in [-0.15, -0.1) is 0 Å². The van der Waals surface area contributed by atoms with Gasteiger partial charge in [-0.2, -0.15) is 0 Å². The minimum Gasteiger partial charge on any atom is -0.481 e. The van der Waals surface area contributed by atoms with Crippen LogP contribution in [-0.4, -0.2) is 37.7 Å². The molecule has 3 N–H and O–H groups in total. The average molecular weight is 662 g/mol. The highest BCUT2D eigenvalue weighted by molar-refractivity contribution is 5.76. The Morgan fingerprint density at radius 3 is 2.33 bits per heavy atom. The van der Waals surface area contributed by atoms with Crippen LogP contribution in [0.5, 0.6) is 0 Å². The Morgan fingerprint density at radius 1 is 0.796 bits per heavy atom. The smallest absolute Gasteiger partial charge is 0.303 e. The van der Waals surface area contributed by atoms with E-state index in [-0.39, 0.29) is 31.1 Å². The number of para-hydroxylation sites is 2. The maximum absolute atomic E-state index is 12.4. The van der Waals surface area contributed by atoms with Gasteiger partial charge in [0.05, 0.1) is 42.7 Å². The number of carboxylic acid groups (broad SMARTS) is 1. The van der Waals surface area contributed by atoms with Crippen molar-refractivity contribution in [3.05, 3.63) is 126 Å². The number of imidazole rings is 1. The molecule has 5 aromatic rings. The molecule has 49 heavy (non-hydrogen) atoms.